The van der Waals surface area contributed by atoms with Gasteiger partial charge in [-0.2, -0.15) is 0 Å². The Labute approximate surface area is 123 Å². The topological polar surface area (TPSA) is 63.8 Å². The van der Waals surface area contributed by atoms with Gasteiger partial charge in [0, 0.05) is 33.0 Å². The summed E-state index contributed by atoms with van der Waals surface area (Å²) in [6.45, 7) is 4.23. The fraction of sp³-hybridized carbons (Fsp3) is 0.467. The van der Waals surface area contributed by atoms with Crippen LogP contribution < -0.4 is 11.3 Å². The Kier molecular flexibility index (Phi) is 3.72. The summed E-state index contributed by atoms with van der Waals surface area (Å²) in [5.74, 6) is 7.63. The number of hydrogen-bond acceptors (Lipinski definition) is 5. The molecule has 0 aliphatic heterocycles. The second-order valence-corrected chi connectivity index (χ2v) is 6.91. The SMILES string of the molecule is Cc1cc(-c2nc(NN)cc(C3CCCC3)n2)c(C)s1. The van der Waals surface area contributed by atoms with Gasteiger partial charge in [-0.1, -0.05) is 12.8 Å². The van der Waals surface area contributed by atoms with Gasteiger partial charge in [-0.15, -0.1) is 11.3 Å². The van der Waals surface area contributed by atoms with E-state index in [1.54, 1.807) is 11.3 Å². The minimum atomic E-state index is 0.559. The number of rotatable bonds is 3. The molecule has 1 aliphatic rings. The fourth-order valence-corrected chi connectivity index (χ4v) is 3.86. The molecule has 3 N–H and O–H groups in total. The van der Waals surface area contributed by atoms with Gasteiger partial charge >= 0.3 is 0 Å². The van der Waals surface area contributed by atoms with Crippen LogP contribution in [0.25, 0.3) is 11.4 Å². The van der Waals surface area contributed by atoms with Crippen LogP contribution in [0.15, 0.2) is 12.1 Å². The zero-order valence-electron chi connectivity index (χ0n) is 11.9. The van der Waals surface area contributed by atoms with Gasteiger partial charge in [0.15, 0.2) is 5.82 Å². The molecule has 0 bridgehead atoms. The minimum absolute atomic E-state index is 0.559. The molecule has 1 aliphatic carbocycles. The third-order valence-electron chi connectivity index (χ3n) is 3.95. The van der Waals surface area contributed by atoms with E-state index in [0.29, 0.717) is 11.7 Å². The summed E-state index contributed by atoms with van der Waals surface area (Å²) in [5.41, 5.74) is 4.94. The molecule has 4 nitrogen and oxygen atoms in total. The lowest BCUT2D eigenvalue weighted by molar-refractivity contribution is 0.695. The molecule has 0 radical (unpaired) electrons. The zero-order valence-corrected chi connectivity index (χ0v) is 12.8. The van der Waals surface area contributed by atoms with E-state index in [9.17, 15) is 0 Å². The van der Waals surface area contributed by atoms with Gasteiger partial charge in [0.05, 0.1) is 0 Å². The van der Waals surface area contributed by atoms with E-state index in [1.165, 1.54) is 35.4 Å². The average molecular weight is 288 g/mol. The maximum absolute atomic E-state index is 5.57. The van der Waals surface area contributed by atoms with Gasteiger partial charge in [-0.05, 0) is 32.8 Å². The third kappa shape index (κ3) is 2.55. The summed E-state index contributed by atoms with van der Waals surface area (Å²) in [6, 6.07) is 4.15. The lowest BCUT2D eigenvalue weighted by atomic mass is 10.0. The van der Waals surface area contributed by atoms with Crippen LogP contribution >= 0.6 is 11.3 Å². The minimum Gasteiger partial charge on any atom is -0.308 e. The highest BCUT2D eigenvalue weighted by molar-refractivity contribution is 7.12. The van der Waals surface area contributed by atoms with E-state index < -0.39 is 0 Å². The van der Waals surface area contributed by atoms with Crippen LogP contribution in [-0.2, 0) is 0 Å². The number of aryl methyl sites for hydroxylation is 2. The molecular formula is C15H20N4S. The number of nitrogens with zero attached hydrogens (tertiary/aromatic N) is 2. The molecule has 5 heteroatoms. The van der Waals surface area contributed by atoms with Crippen molar-refractivity contribution in [1.29, 1.82) is 0 Å². The van der Waals surface area contributed by atoms with Crippen LogP contribution in [0, 0.1) is 13.8 Å². The summed E-state index contributed by atoms with van der Waals surface area (Å²) >= 11 is 1.78. The molecule has 0 saturated heterocycles. The molecule has 3 rings (SSSR count). The summed E-state index contributed by atoms with van der Waals surface area (Å²) < 4.78 is 0. The summed E-state index contributed by atoms with van der Waals surface area (Å²) in [7, 11) is 0. The van der Waals surface area contributed by atoms with Crippen molar-refractivity contribution in [2.75, 3.05) is 5.43 Å². The predicted molar refractivity (Wildman–Crippen MR) is 83.8 cm³/mol. The Morgan fingerprint density at radius 2 is 1.95 bits per heavy atom. The molecular weight excluding hydrogens is 268 g/mol. The fourth-order valence-electron chi connectivity index (χ4n) is 2.94. The molecule has 0 aromatic carbocycles. The van der Waals surface area contributed by atoms with Crippen molar-refractivity contribution >= 4 is 17.2 Å². The second kappa shape index (κ2) is 5.50. The van der Waals surface area contributed by atoms with E-state index in [-0.39, 0.29) is 0 Å². The first-order valence-electron chi connectivity index (χ1n) is 7.10. The van der Waals surface area contributed by atoms with Crippen molar-refractivity contribution in [2.45, 2.75) is 45.4 Å². The van der Waals surface area contributed by atoms with Gasteiger partial charge in [0.2, 0.25) is 0 Å². The monoisotopic (exact) mass is 288 g/mol. The van der Waals surface area contributed by atoms with E-state index in [0.717, 1.165) is 17.1 Å². The van der Waals surface area contributed by atoms with Gasteiger partial charge in [-0.25, -0.2) is 15.8 Å². The van der Waals surface area contributed by atoms with Crippen LogP contribution in [0.3, 0.4) is 0 Å². The first-order chi connectivity index (χ1) is 9.67. The highest BCUT2D eigenvalue weighted by Gasteiger charge is 2.21. The number of thiophene rings is 1. The number of nitrogen functional groups attached to an aromatic ring is 1. The highest BCUT2D eigenvalue weighted by atomic mass is 32.1. The summed E-state index contributed by atoms with van der Waals surface area (Å²) in [5, 5.41) is 0. The van der Waals surface area contributed by atoms with E-state index in [4.69, 9.17) is 10.8 Å². The van der Waals surface area contributed by atoms with Crippen molar-refractivity contribution in [2.24, 2.45) is 5.84 Å². The standard InChI is InChI=1S/C15H20N4S/c1-9-7-12(10(2)20-9)15-17-13(8-14(18-15)19-16)11-5-3-4-6-11/h7-8,11H,3-6,16H2,1-2H3,(H,17,18,19). The smallest absolute Gasteiger partial charge is 0.162 e. The molecule has 2 heterocycles. The van der Waals surface area contributed by atoms with Crippen molar-refractivity contribution in [3.05, 3.63) is 27.6 Å². The van der Waals surface area contributed by atoms with Gasteiger partial charge in [0.25, 0.3) is 0 Å². The Balaban J connectivity index is 2.05. The molecule has 2 aromatic heterocycles. The molecule has 106 valence electrons. The van der Waals surface area contributed by atoms with Crippen LogP contribution in [0.5, 0.6) is 0 Å². The molecule has 0 atom stereocenters. The maximum atomic E-state index is 5.57. The Morgan fingerprint density at radius 1 is 1.20 bits per heavy atom. The number of hydrazine groups is 1. The lowest BCUT2D eigenvalue weighted by Gasteiger charge is -2.12. The summed E-state index contributed by atoms with van der Waals surface area (Å²) in [6.07, 6.45) is 5.04. The van der Waals surface area contributed by atoms with Crippen molar-refractivity contribution in [1.82, 2.24) is 9.97 Å². The van der Waals surface area contributed by atoms with Crippen LogP contribution in [0.1, 0.15) is 47.0 Å². The normalized spacial score (nSPS) is 15.8. The largest absolute Gasteiger partial charge is 0.308 e. The molecule has 20 heavy (non-hydrogen) atoms. The maximum Gasteiger partial charge on any atom is 0.162 e. The Bertz CT molecular complexity index is 614. The predicted octanol–water partition coefficient (Wildman–Crippen LogP) is 3.77. The van der Waals surface area contributed by atoms with Gasteiger partial charge < -0.3 is 5.43 Å². The van der Waals surface area contributed by atoms with Gasteiger partial charge in [0.1, 0.15) is 5.82 Å². The summed E-state index contributed by atoms with van der Waals surface area (Å²) in [4.78, 5) is 11.9. The third-order valence-corrected chi connectivity index (χ3v) is 4.92. The second-order valence-electron chi connectivity index (χ2n) is 5.45. The van der Waals surface area contributed by atoms with Crippen molar-refractivity contribution < 1.29 is 0 Å². The number of anilines is 1. The average Bonchev–Trinajstić information content (AvgIpc) is 3.08. The molecule has 0 unspecified atom stereocenters. The van der Waals surface area contributed by atoms with Crippen LogP contribution in [0.2, 0.25) is 0 Å². The number of nitrogens with two attached hydrogens (primary N) is 1. The van der Waals surface area contributed by atoms with Crippen LogP contribution in [0.4, 0.5) is 5.82 Å². The van der Waals surface area contributed by atoms with Crippen LogP contribution in [-0.4, -0.2) is 9.97 Å². The molecule has 1 saturated carbocycles. The zero-order chi connectivity index (χ0) is 14.1. The number of nitrogens with one attached hydrogen (secondary N) is 1. The molecule has 1 fully saturated rings. The lowest BCUT2D eigenvalue weighted by Crippen LogP contribution is -2.11. The molecule has 2 aromatic rings. The van der Waals surface area contributed by atoms with Crippen molar-refractivity contribution in [3.8, 4) is 11.4 Å². The number of aromatic nitrogens is 2. The van der Waals surface area contributed by atoms with E-state index in [2.05, 4.69) is 30.3 Å². The van der Waals surface area contributed by atoms with Gasteiger partial charge in [-0.3, -0.25) is 0 Å². The Hall–Kier alpha value is -1.46. The molecule has 0 amide bonds. The van der Waals surface area contributed by atoms with E-state index in [1.807, 2.05) is 6.07 Å². The quantitative estimate of drug-likeness (QED) is 0.666. The van der Waals surface area contributed by atoms with Crippen molar-refractivity contribution in [3.63, 3.8) is 0 Å². The number of hydrogen-bond donors (Lipinski definition) is 2. The first-order valence-corrected chi connectivity index (χ1v) is 7.92. The highest BCUT2D eigenvalue weighted by Crippen LogP contribution is 2.35. The van der Waals surface area contributed by atoms with E-state index >= 15 is 0 Å². The first kappa shape index (κ1) is 13.5. The Morgan fingerprint density at radius 3 is 2.55 bits per heavy atom. The molecule has 0 spiro atoms.